The third-order valence-corrected chi connectivity index (χ3v) is 5.45. The quantitative estimate of drug-likeness (QED) is 0.696. The summed E-state index contributed by atoms with van der Waals surface area (Å²) in [6.45, 7) is 6.28. The lowest BCUT2D eigenvalue weighted by molar-refractivity contribution is -0.143. The zero-order valence-electron chi connectivity index (χ0n) is 16.4. The predicted octanol–water partition coefficient (Wildman–Crippen LogP) is 2.75. The van der Waals surface area contributed by atoms with Crippen molar-refractivity contribution in [1.29, 1.82) is 0 Å². The number of carboxylic acids is 1. The summed E-state index contributed by atoms with van der Waals surface area (Å²) in [4.78, 5) is 37.8. The summed E-state index contributed by atoms with van der Waals surface area (Å²) in [7, 11) is 0. The minimum Gasteiger partial charge on any atom is -0.480 e. The van der Waals surface area contributed by atoms with Crippen molar-refractivity contribution in [2.75, 3.05) is 0 Å². The van der Waals surface area contributed by atoms with Crippen molar-refractivity contribution in [3.63, 3.8) is 0 Å². The number of aliphatic carboxylic acids is 1. The number of aryl methyl sites for hydroxylation is 1. The summed E-state index contributed by atoms with van der Waals surface area (Å²) < 4.78 is 0. The van der Waals surface area contributed by atoms with Crippen molar-refractivity contribution in [3.05, 3.63) is 35.4 Å². The molecule has 3 atom stereocenters. The smallest absolute Gasteiger partial charge is 0.326 e. The van der Waals surface area contributed by atoms with Gasteiger partial charge in [0, 0.05) is 25.4 Å². The molecule has 27 heavy (non-hydrogen) atoms. The number of nitrogens with one attached hydrogen (secondary N) is 1. The number of benzene rings is 1. The minimum atomic E-state index is -1.02. The lowest BCUT2D eigenvalue weighted by atomic mass is 9.99. The first-order chi connectivity index (χ1) is 12.8. The van der Waals surface area contributed by atoms with E-state index in [2.05, 4.69) is 24.4 Å². The number of hydrogen-bond donors (Lipinski definition) is 2. The van der Waals surface area contributed by atoms with Crippen LogP contribution >= 0.6 is 0 Å². The van der Waals surface area contributed by atoms with Gasteiger partial charge in [0.1, 0.15) is 6.04 Å². The molecular weight excluding hydrogens is 344 g/mol. The minimum absolute atomic E-state index is 0.0454. The van der Waals surface area contributed by atoms with Gasteiger partial charge in [0.15, 0.2) is 0 Å². The lowest BCUT2D eigenvalue weighted by Crippen LogP contribution is -2.46. The molecule has 6 heteroatoms. The summed E-state index contributed by atoms with van der Waals surface area (Å²) in [5, 5.41) is 12.0. The van der Waals surface area contributed by atoms with Crippen LogP contribution in [0.5, 0.6) is 0 Å². The maximum Gasteiger partial charge on any atom is 0.326 e. The second-order valence-corrected chi connectivity index (χ2v) is 7.36. The summed E-state index contributed by atoms with van der Waals surface area (Å²) in [6.07, 6.45) is 2.82. The maximum absolute atomic E-state index is 12.4. The Morgan fingerprint density at radius 3 is 2.41 bits per heavy atom. The van der Waals surface area contributed by atoms with Crippen molar-refractivity contribution in [3.8, 4) is 0 Å². The standard InChI is InChI=1S/C21H30N2O4/c1-4-14(3)20(21(26)27)22-18(24)12-17-10-11-19(25)23(17)13-16-8-6-15(5-2)7-9-16/h6-9,14,17,20H,4-5,10-13H2,1-3H3,(H,22,24)(H,26,27)/t14-,17?,20-/m1/s1. The molecule has 0 spiro atoms. The third-order valence-electron chi connectivity index (χ3n) is 5.45. The van der Waals surface area contributed by atoms with E-state index in [1.54, 1.807) is 4.90 Å². The first-order valence-corrected chi connectivity index (χ1v) is 9.75. The van der Waals surface area contributed by atoms with E-state index >= 15 is 0 Å². The van der Waals surface area contributed by atoms with Gasteiger partial charge in [-0.2, -0.15) is 0 Å². The Morgan fingerprint density at radius 2 is 1.85 bits per heavy atom. The molecule has 2 amide bonds. The highest BCUT2D eigenvalue weighted by Gasteiger charge is 2.33. The monoisotopic (exact) mass is 374 g/mol. The second kappa shape index (κ2) is 9.53. The van der Waals surface area contributed by atoms with Crippen LogP contribution in [0.4, 0.5) is 0 Å². The van der Waals surface area contributed by atoms with E-state index in [-0.39, 0.29) is 30.2 Å². The highest BCUT2D eigenvalue weighted by atomic mass is 16.4. The van der Waals surface area contributed by atoms with E-state index in [1.807, 2.05) is 26.0 Å². The zero-order valence-corrected chi connectivity index (χ0v) is 16.4. The molecule has 0 saturated carbocycles. The van der Waals surface area contributed by atoms with E-state index < -0.39 is 12.0 Å². The number of carbonyl (C=O) groups excluding carboxylic acids is 2. The van der Waals surface area contributed by atoms with E-state index in [0.29, 0.717) is 25.8 Å². The molecule has 148 valence electrons. The molecule has 0 bridgehead atoms. The van der Waals surface area contributed by atoms with Gasteiger partial charge < -0.3 is 15.3 Å². The molecule has 1 aliphatic heterocycles. The fourth-order valence-electron chi connectivity index (χ4n) is 3.43. The molecule has 1 heterocycles. The van der Waals surface area contributed by atoms with Gasteiger partial charge in [0.25, 0.3) is 0 Å². The van der Waals surface area contributed by atoms with Gasteiger partial charge in [-0.25, -0.2) is 4.79 Å². The highest BCUT2D eigenvalue weighted by molar-refractivity contribution is 5.85. The SMILES string of the molecule is CCc1ccc(CN2C(=O)CCC2CC(=O)N[C@@H](C(=O)O)[C@H](C)CC)cc1. The number of hydrogen-bond acceptors (Lipinski definition) is 3. The van der Waals surface area contributed by atoms with Gasteiger partial charge in [0.2, 0.25) is 11.8 Å². The zero-order chi connectivity index (χ0) is 20.0. The van der Waals surface area contributed by atoms with E-state index in [1.165, 1.54) is 5.56 Å². The predicted molar refractivity (Wildman–Crippen MR) is 103 cm³/mol. The van der Waals surface area contributed by atoms with Gasteiger partial charge in [0.05, 0.1) is 0 Å². The molecule has 1 aromatic carbocycles. The van der Waals surface area contributed by atoms with Gasteiger partial charge in [-0.05, 0) is 29.9 Å². The molecule has 1 aromatic rings. The first-order valence-electron chi connectivity index (χ1n) is 9.75. The number of nitrogens with zero attached hydrogens (tertiary/aromatic N) is 1. The highest BCUT2D eigenvalue weighted by Crippen LogP contribution is 2.24. The molecule has 2 rings (SSSR count). The van der Waals surface area contributed by atoms with E-state index in [9.17, 15) is 19.5 Å². The number of amides is 2. The van der Waals surface area contributed by atoms with Crippen LogP contribution in [0.3, 0.4) is 0 Å². The topological polar surface area (TPSA) is 86.7 Å². The molecule has 1 saturated heterocycles. The Bertz CT molecular complexity index is 671. The fraction of sp³-hybridized carbons (Fsp3) is 0.571. The van der Waals surface area contributed by atoms with Crippen molar-refractivity contribution in [1.82, 2.24) is 10.2 Å². The molecule has 2 N–H and O–H groups in total. The van der Waals surface area contributed by atoms with E-state index in [4.69, 9.17) is 0 Å². The Morgan fingerprint density at radius 1 is 1.22 bits per heavy atom. The fourth-order valence-corrected chi connectivity index (χ4v) is 3.43. The van der Waals surface area contributed by atoms with Crippen molar-refractivity contribution < 1.29 is 19.5 Å². The van der Waals surface area contributed by atoms with Crippen molar-refractivity contribution >= 4 is 17.8 Å². The van der Waals surface area contributed by atoms with Gasteiger partial charge in [-0.1, -0.05) is 51.5 Å². The normalized spacial score (nSPS) is 19.0. The number of likely N-dealkylation sites (tertiary alicyclic amines) is 1. The third kappa shape index (κ3) is 5.55. The Kier molecular flexibility index (Phi) is 7.39. The number of carboxylic acid groups (broad SMARTS) is 1. The van der Waals surface area contributed by atoms with Gasteiger partial charge >= 0.3 is 5.97 Å². The van der Waals surface area contributed by atoms with Crippen LogP contribution in [0.15, 0.2) is 24.3 Å². The Hall–Kier alpha value is -2.37. The van der Waals surface area contributed by atoms with Crippen LogP contribution in [0.1, 0.15) is 57.6 Å². The summed E-state index contributed by atoms with van der Waals surface area (Å²) in [5.41, 5.74) is 2.28. The van der Waals surface area contributed by atoms with Crippen LogP contribution in [-0.4, -0.2) is 39.9 Å². The summed E-state index contributed by atoms with van der Waals surface area (Å²) in [6, 6.07) is 7.07. The first kappa shape index (κ1) is 20.9. The molecule has 1 unspecified atom stereocenters. The van der Waals surface area contributed by atoms with E-state index in [0.717, 1.165) is 12.0 Å². The van der Waals surface area contributed by atoms with Crippen LogP contribution in [0.2, 0.25) is 0 Å². The molecular formula is C21H30N2O4. The van der Waals surface area contributed by atoms with Gasteiger partial charge in [-0.15, -0.1) is 0 Å². The van der Waals surface area contributed by atoms with Crippen LogP contribution in [0.25, 0.3) is 0 Å². The average Bonchev–Trinajstić information content (AvgIpc) is 2.99. The molecule has 1 fully saturated rings. The lowest BCUT2D eigenvalue weighted by Gasteiger charge is -2.26. The summed E-state index contributed by atoms with van der Waals surface area (Å²) in [5.74, 6) is -1.43. The summed E-state index contributed by atoms with van der Waals surface area (Å²) >= 11 is 0. The van der Waals surface area contributed by atoms with Crippen molar-refractivity contribution in [2.45, 2.75) is 71.5 Å². The Labute approximate surface area is 160 Å². The van der Waals surface area contributed by atoms with Crippen LogP contribution < -0.4 is 5.32 Å². The number of rotatable bonds is 9. The second-order valence-electron chi connectivity index (χ2n) is 7.36. The van der Waals surface area contributed by atoms with Crippen LogP contribution in [-0.2, 0) is 27.3 Å². The largest absolute Gasteiger partial charge is 0.480 e. The van der Waals surface area contributed by atoms with Gasteiger partial charge in [-0.3, -0.25) is 9.59 Å². The molecule has 0 aromatic heterocycles. The number of carbonyl (C=O) groups is 3. The average molecular weight is 374 g/mol. The molecule has 0 aliphatic carbocycles. The maximum atomic E-state index is 12.4. The molecule has 1 aliphatic rings. The Balaban J connectivity index is 2.00. The molecule has 6 nitrogen and oxygen atoms in total. The molecule has 0 radical (unpaired) electrons. The van der Waals surface area contributed by atoms with Crippen LogP contribution in [0, 0.1) is 5.92 Å². The van der Waals surface area contributed by atoms with Crippen molar-refractivity contribution in [2.24, 2.45) is 5.92 Å².